The summed E-state index contributed by atoms with van der Waals surface area (Å²) in [4.78, 5) is 2.28. The van der Waals surface area contributed by atoms with E-state index in [2.05, 4.69) is 11.0 Å². The number of nitrogens with zero attached hydrogens (tertiary/aromatic N) is 1. The van der Waals surface area contributed by atoms with Gasteiger partial charge in [-0.3, -0.25) is 0 Å². The summed E-state index contributed by atoms with van der Waals surface area (Å²) in [6, 6.07) is 8.05. The van der Waals surface area contributed by atoms with E-state index in [1.807, 2.05) is 32.0 Å². The first-order chi connectivity index (χ1) is 8.63. The summed E-state index contributed by atoms with van der Waals surface area (Å²) in [5.74, 6) is 0.344. The third-order valence-electron chi connectivity index (χ3n) is 3.93. The van der Waals surface area contributed by atoms with Gasteiger partial charge in [0.05, 0.1) is 12.2 Å². The molecule has 1 fully saturated rings. The molecule has 0 saturated carbocycles. The highest BCUT2D eigenvalue weighted by Gasteiger charge is 2.27. The van der Waals surface area contributed by atoms with Gasteiger partial charge < -0.3 is 15.1 Å². The fourth-order valence-corrected chi connectivity index (χ4v) is 2.68. The highest BCUT2D eigenvalue weighted by atomic mass is 16.3. The summed E-state index contributed by atoms with van der Waals surface area (Å²) >= 11 is 0. The normalized spacial score (nSPS) is 23.1. The smallest absolute Gasteiger partial charge is 0.0807 e. The number of aliphatic hydroxyl groups excluding tert-OH is 2. The van der Waals surface area contributed by atoms with E-state index in [4.69, 9.17) is 0 Å². The first-order valence-electron chi connectivity index (χ1n) is 6.83. The maximum Gasteiger partial charge on any atom is 0.0807 e. The minimum atomic E-state index is -0.396. The number of para-hydroxylation sites is 1. The number of rotatable bonds is 4. The van der Waals surface area contributed by atoms with Gasteiger partial charge in [0.25, 0.3) is 0 Å². The summed E-state index contributed by atoms with van der Waals surface area (Å²) < 4.78 is 0. The molecule has 3 atom stereocenters. The molecule has 1 aromatic carbocycles. The molecule has 2 rings (SSSR count). The van der Waals surface area contributed by atoms with Crippen LogP contribution in [-0.2, 0) is 0 Å². The van der Waals surface area contributed by atoms with Crippen molar-refractivity contribution in [3.8, 4) is 0 Å². The van der Waals surface area contributed by atoms with Gasteiger partial charge in [0.2, 0.25) is 0 Å². The second-order valence-electron chi connectivity index (χ2n) is 5.22. The van der Waals surface area contributed by atoms with Crippen LogP contribution in [0.1, 0.15) is 38.4 Å². The quantitative estimate of drug-likeness (QED) is 0.861. The summed E-state index contributed by atoms with van der Waals surface area (Å²) in [7, 11) is 0. The number of benzene rings is 1. The molecule has 1 aliphatic rings. The molecule has 0 radical (unpaired) electrons. The van der Waals surface area contributed by atoms with Crippen LogP contribution < -0.4 is 4.90 Å². The van der Waals surface area contributed by atoms with Crippen LogP contribution in [-0.4, -0.2) is 29.4 Å². The van der Waals surface area contributed by atoms with Crippen molar-refractivity contribution in [3.05, 3.63) is 29.8 Å². The standard InChI is InChI=1S/C15H23NO2/c1-3-15(18)13-6-4-5-7-14(13)16-9-8-12(10-16)11(2)17/h4-7,11-12,15,17-18H,3,8-10H2,1-2H3. The monoisotopic (exact) mass is 249 g/mol. The number of hydrogen-bond acceptors (Lipinski definition) is 3. The molecule has 1 aromatic rings. The lowest BCUT2D eigenvalue weighted by molar-refractivity contribution is 0.136. The fourth-order valence-electron chi connectivity index (χ4n) is 2.68. The predicted molar refractivity (Wildman–Crippen MR) is 73.7 cm³/mol. The Balaban J connectivity index is 2.19. The first kappa shape index (κ1) is 13.4. The maximum atomic E-state index is 10.1. The lowest BCUT2D eigenvalue weighted by Crippen LogP contribution is -2.25. The van der Waals surface area contributed by atoms with Crippen LogP contribution in [0.15, 0.2) is 24.3 Å². The summed E-state index contributed by atoms with van der Waals surface area (Å²) in [6.07, 6.45) is 1.10. The fraction of sp³-hybridized carbons (Fsp3) is 0.600. The Morgan fingerprint density at radius 1 is 1.33 bits per heavy atom. The van der Waals surface area contributed by atoms with Crippen molar-refractivity contribution in [2.45, 2.75) is 38.9 Å². The molecule has 3 heteroatoms. The topological polar surface area (TPSA) is 43.7 Å². The highest BCUT2D eigenvalue weighted by molar-refractivity contribution is 5.55. The van der Waals surface area contributed by atoms with E-state index in [9.17, 15) is 10.2 Å². The molecule has 0 amide bonds. The molecule has 3 nitrogen and oxygen atoms in total. The predicted octanol–water partition coefficient (Wildman–Crippen LogP) is 2.34. The average Bonchev–Trinajstić information content (AvgIpc) is 2.87. The van der Waals surface area contributed by atoms with E-state index in [-0.39, 0.29) is 6.10 Å². The molecule has 1 saturated heterocycles. The molecule has 0 bridgehead atoms. The Morgan fingerprint density at radius 2 is 2.06 bits per heavy atom. The van der Waals surface area contributed by atoms with Crippen LogP contribution in [0.3, 0.4) is 0 Å². The van der Waals surface area contributed by atoms with Crippen LogP contribution >= 0.6 is 0 Å². The number of aliphatic hydroxyl groups is 2. The molecule has 3 unspecified atom stereocenters. The van der Waals surface area contributed by atoms with Crippen LogP contribution in [0.4, 0.5) is 5.69 Å². The summed E-state index contributed by atoms with van der Waals surface area (Å²) in [5, 5.41) is 19.7. The molecule has 0 spiro atoms. The van der Waals surface area contributed by atoms with E-state index in [0.717, 1.165) is 37.2 Å². The van der Waals surface area contributed by atoms with E-state index in [0.29, 0.717) is 5.92 Å². The van der Waals surface area contributed by atoms with Gasteiger partial charge in [-0.25, -0.2) is 0 Å². The largest absolute Gasteiger partial charge is 0.393 e. The van der Waals surface area contributed by atoms with Crippen molar-refractivity contribution in [3.63, 3.8) is 0 Å². The van der Waals surface area contributed by atoms with Gasteiger partial charge in [0.1, 0.15) is 0 Å². The Labute approximate surface area is 109 Å². The minimum absolute atomic E-state index is 0.252. The third kappa shape index (κ3) is 2.68. The highest BCUT2D eigenvalue weighted by Crippen LogP contribution is 2.32. The van der Waals surface area contributed by atoms with Crippen LogP contribution in [0.25, 0.3) is 0 Å². The van der Waals surface area contributed by atoms with Gasteiger partial charge in [0.15, 0.2) is 0 Å². The third-order valence-corrected chi connectivity index (χ3v) is 3.93. The first-order valence-corrected chi connectivity index (χ1v) is 6.83. The lowest BCUT2D eigenvalue weighted by atomic mass is 10.0. The van der Waals surface area contributed by atoms with Gasteiger partial charge in [-0.05, 0) is 25.8 Å². The van der Waals surface area contributed by atoms with E-state index >= 15 is 0 Å². The number of hydrogen-bond donors (Lipinski definition) is 2. The molecule has 1 heterocycles. The zero-order valence-corrected chi connectivity index (χ0v) is 11.2. The molecule has 2 N–H and O–H groups in total. The minimum Gasteiger partial charge on any atom is -0.393 e. The molecule has 18 heavy (non-hydrogen) atoms. The van der Waals surface area contributed by atoms with Crippen LogP contribution in [0.5, 0.6) is 0 Å². The van der Waals surface area contributed by atoms with Crippen molar-refractivity contribution in [2.24, 2.45) is 5.92 Å². The van der Waals surface area contributed by atoms with E-state index in [1.165, 1.54) is 0 Å². The van der Waals surface area contributed by atoms with Crippen molar-refractivity contribution in [1.29, 1.82) is 0 Å². The zero-order chi connectivity index (χ0) is 13.1. The lowest BCUT2D eigenvalue weighted by Gasteiger charge is -2.24. The average molecular weight is 249 g/mol. The maximum absolute atomic E-state index is 10.1. The van der Waals surface area contributed by atoms with Crippen molar-refractivity contribution in [1.82, 2.24) is 0 Å². The number of anilines is 1. The molecule has 0 aromatic heterocycles. The Hall–Kier alpha value is -1.06. The van der Waals surface area contributed by atoms with Gasteiger partial charge in [-0.2, -0.15) is 0 Å². The summed E-state index contributed by atoms with van der Waals surface area (Å²) in [5.41, 5.74) is 2.13. The Kier molecular flexibility index (Phi) is 4.25. The molecular formula is C15H23NO2. The second kappa shape index (κ2) is 5.72. The van der Waals surface area contributed by atoms with Gasteiger partial charge in [-0.1, -0.05) is 25.1 Å². The Morgan fingerprint density at radius 3 is 2.67 bits per heavy atom. The molecule has 100 valence electrons. The van der Waals surface area contributed by atoms with Crippen LogP contribution in [0.2, 0.25) is 0 Å². The second-order valence-corrected chi connectivity index (χ2v) is 5.22. The molecule has 0 aliphatic carbocycles. The summed E-state index contributed by atoms with van der Waals surface area (Å²) in [6.45, 7) is 5.69. The van der Waals surface area contributed by atoms with Crippen molar-refractivity contribution in [2.75, 3.05) is 18.0 Å². The van der Waals surface area contributed by atoms with Crippen molar-refractivity contribution < 1.29 is 10.2 Å². The zero-order valence-electron chi connectivity index (χ0n) is 11.2. The van der Waals surface area contributed by atoms with Crippen molar-refractivity contribution >= 4 is 5.69 Å². The van der Waals surface area contributed by atoms with Gasteiger partial charge >= 0.3 is 0 Å². The van der Waals surface area contributed by atoms with Crippen LogP contribution in [0, 0.1) is 5.92 Å². The van der Waals surface area contributed by atoms with E-state index < -0.39 is 6.10 Å². The molecular weight excluding hydrogens is 226 g/mol. The van der Waals surface area contributed by atoms with Gasteiger partial charge in [-0.15, -0.1) is 0 Å². The van der Waals surface area contributed by atoms with E-state index in [1.54, 1.807) is 0 Å². The molecule has 1 aliphatic heterocycles. The Bertz CT molecular complexity index is 392. The SMILES string of the molecule is CCC(O)c1ccccc1N1CCC(C(C)O)C1. The van der Waals surface area contributed by atoms with Gasteiger partial charge in [0, 0.05) is 30.3 Å².